The summed E-state index contributed by atoms with van der Waals surface area (Å²) in [6, 6.07) is 2.05. The summed E-state index contributed by atoms with van der Waals surface area (Å²) in [5, 5.41) is 0. The molecule has 0 atom stereocenters. The van der Waals surface area contributed by atoms with Gasteiger partial charge in [-0.1, -0.05) is 55.4 Å². The molecule has 0 amide bonds. The molecule has 0 aliphatic carbocycles. The maximum Gasteiger partial charge on any atom is 0.340 e. The predicted octanol–water partition coefficient (Wildman–Crippen LogP) is 6.58. The van der Waals surface area contributed by atoms with Gasteiger partial charge in [-0.2, -0.15) is 0 Å². The highest BCUT2D eigenvalue weighted by Crippen LogP contribution is 2.33. The second kappa shape index (κ2) is 22.2. The van der Waals surface area contributed by atoms with E-state index in [-0.39, 0.29) is 0 Å². The normalized spacial score (nSPS) is 12.9. The quantitative estimate of drug-likeness (QED) is 0.117. The second-order valence-corrected chi connectivity index (χ2v) is 16.9. The van der Waals surface area contributed by atoms with Crippen LogP contribution < -0.4 is 0 Å². The smallest absolute Gasteiger partial charge is 0.340 e. The van der Waals surface area contributed by atoms with E-state index in [2.05, 4.69) is 65.2 Å². The molecule has 0 unspecified atom stereocenters. The van der Waals surface area contributed by atoms with Crippen LogP contribution in [0.2, 0.25) is 17.8 Å². The molecule has 0 saturated carbocycles. The molecular weight excluding hydrogens is 472 g/mol. The SMILES string of the molecule is CCCO[Si](CCCN(CC)CC)(C[Si](CCCN(CC)CC)(OCCC)OCCC)OCCC. The summed E-state index contributed by atoms with van der Waals surface area (Å²) in [5.41, 5.74) is 0.899. The molecule has 0 fully saturated rings. The van der Waals surface area contributed by atoms with Crippen LogP contribution in [0.3, 0.4) is 0 Å². The zero-order valence-electron chi connectivity index (χ0n) is 25.0. The van der Waals surface area contributed by atoms with Crippen molar-refractivity contribution in [1.82, 2.24) is 9.80 Å². The monoisotopic (exact) mass is 534 g/mol. The Hall–Kier alpha value is 0.194. The van der Waals surface area contributed by atoms with Gasteiger partial charge in [-0.05, 0) is 89.9 Å². The zero-order chi connectivity index (χ0) is 26.4. The first-order valence-corrected chi connectivity index (χ1v) is 19.4. The third-order valence-corrected chi connectivity index (χ3v) is 16.1. The average molecular weight is 535 g/mol. The molecule has 212 valence electrons. The van der Waals surface area contributed by atoms with Gasteiger partial charge >= 0.3 is 17.1 Å². The fraction of sp³-hybridized carbons (Fsp3) is 1.00. The largest absolute Gasteiger partial charge is 0.394 e. The topological polar surface area (TPSA) is 43.4 Å². The minimum atomic E-state index is -2.49. The van der Waals surface area contributed by atoms with Crippen molar-refractivity contribution in [3.8, 4) is 0 Å². The highest BCUT2D eigenvalue weighted by molar-refractivity contribution is 6.86. The van der Waals surface area contributed by atoms with Crippen LogP contribution in [0.25, 0.3) is 0 Å². The molecule has 0 bridgehead atoms. The van der Waals surface area contributed by atoms with Crippen molar-refractivity contribution in [2.24, 2.45) is 0 Å². The summed E-state index contributed by atoms with van der Waals surface area (Å²) in [5.74, 6) is 0. The Balaban J connectivity index is 5.95. The van der Waals surface area contributed by atoms with Gasteiger partial charge in [-0.3, -0.25) is 0 Å². The van der Waals surface area contributed by atoms with Crippen LogP contribution in [0.15, 0.2) is 0 Å². The first kappa shape index (κ1) is 35.2. The van der Waals surface area contributed by atoms with Gasteiger partial charge in [0, 0.05) is 32.1 Å². The molecule has 35 heavy (non-hydrogen) atoms. The van der Waals surface area contributed by atoms with Crippen LogP contribution >= 0.6 is 0 Å². The van der Waals surface area contributed by atoms with Crippen LogP contribution in [0.1, 0.15) is 93.9 Å². The van der Waals surface area contributed by atoms with E-state index in [0.29, 0.717) is 0 Å². The lowest BCUT2D eigenvalue weighted by molar-refractivity contribution is 0.145. The van der Waals surface area contributed by atoms with Gasteiger partial charge < -0.3 is 27.5 Å². The van der Waals surface area contributed by atoms with Crippen molar-refractivity contribution < 1.29 is 17.7 Å². The average Bonchev–Trinajstić information content (AvgIpc) is 2.88. The lowest BCUT2D eigenvalue weighted by Gasteiger charge is -2.39. The summed E-state index contributed by atoms with van der Waals surface area (Å²) < 4.78 is 27.1. The van der Waals surface area contributed by atoms with Crippen molar-refractivity contribution in [3.63, 3.8) is 0 Å². The summed E-state index contributed by atoms with van der Waals surface area (Å²) in [6.07, 6.45) is 6.30. The highest BCUT2D eigenvalue weighted by atomic mass is 28.4. The molecule has 0 saturated heterocycles. The van der Waals surface area contributed by atoms with Crippen molar-refractivity contribution in [2.75, 3.05) is 65.7 Å². The van der Waals surface area contributed by atoms with Crippen molar-refractivity contribution in [2.45, 2.75) is 112 Å². The molecule has 0 aliphatic rings. The first-order chi connectivity index (χ1) is 16.9. The molecule has 8 heteroatoms. The standard InChI is InChI=1S/C27H62N2O4Si2/c1-9-21-30-34(31-22-10-2,25-17-19-28(13-5)14-6)27-35(32-23-11-3,33-24-12-4)26-18-20-29(15-7)16-8/h9-27H2,1-8H3. The Labute approximate surface area is 221 Å². The lowest BCUT2D eigenvalue weighted by Crippen LogP contribution is -2.55. The van der Waals surface area contributed by atoms with Gasteiger partial charge in [0.2, 0.25) is 0 Å². The van der Waals surface area contributed by atoms with E-state index in [0.717, 1.165) is 122 Å². The maximum atomic E-state index is 6.78. The van der Waals surface area contributed by atoms with Crippen LogP contribution in [-0.2, 0) is 17.7 Å². The highest BCUT2D eigenvalue weighted by Gasteiger charge is 2.50. The van der Waals surface area contributed by atoms with Crippen LogP contribution in [0, 0.1) is 0 Å². The first-order valence-electron chi connectivity index (χ1n) is 14.9. The van der Waals surface area contributed by atoms with E-state index in [1.807, 2.05) is 0 Å². The summed E-state index contributed by atoms with van der Waals surface area (Å²) in [6.45, 7) is 27.5. The Bertz CT molecular complexity index is 410. The van der Waals surface area contributed by atoms with Crippen molar-refractivity contribution in [1.29, 1.82) is 0 Å². The Morgan fingerprint density at radius 3 is 0.971 bits per heavy atom. The molecule has 0 rings (SSSR count). The van der Waals surface area contributed by atoms with Crippen molar-refractivity contribution in [3.05, 3.63) is 0 Å². The molecule has 0 N–H and O–H groups in total. The predicted molar refractivity (Wildman–Crippen MR) is 156 cm³/mol. The van der Waals surface area contributed by atoms with Gasteiger partial charge in [0.1, 0.15) is 0 Å². The van der Waals surface area contributed by atoms with E-state index >= 15 is 0 Å². The second-order valence-electron chi connectivity index (χ2n) is 9.65. The molecule has 6 nitrogen and oxygen atoms in total. The van der Waals surface area contributed by atoms with Gasteiger partial charge in [0.05, 0.1) is 0 Å². The van der Waals surface area contributed by atoms with Crippen LogP contribution in [-0.4, -0.2) is 92.6 Å². The summed E-state index contributed by atoms with van der Waals surface area (Å²) >= 11 is 0. The van der Waals surface area contributed by atoms with Gasteiger partial charge in [-0.25, -0.2) is 0 Å². The number of hydrogen-bond donors (Lipinski definition) is 0. The lowest BCUT2D eigenvalue weighted by atomic mass is 10.4. The number of hydrogen-bond acceptors (Lipinski definition) is 6. The molecule has 0 radical (unpaired) electrons. The maximum absolute atomic E-state index is 6.78. The molecule has 0 aromatic heterocycles. The van der Waals surface area contributed by atoms with E-state index in [1.165, 1.54) is 0 Å². The molecule has 0 aromatic rings. The third kappa shape index (κ3) is 15.3. The van der Waals surface area contributed by atoms with Gasteiger partial charge in [0.25, 0.3) is 0 Å². The molecular formula is C27H62N2O4Si2. The van der Waals surface area contributed by atoms with Crippen LogP contribution in [0.5, 0.6) is 0 Å². The van der Waals surface area contributed by atoms with Gasteiger partial charge in [0.15, 0.2) is 0 Å². The van der Waals surface area contributed by atoms with Crippen molar-refractivity contribution >= 4 is 17.1 Å². The van der Waals surface area contributed by atoms with E-state index in [9.17, 15) is 0 Å². The minimum Gasteiger partial charge on any atom is -0.394 e. The van der Waals surface area contributed by atoms with Gasteiger partial charge in [-0.15, -0.1) is 0 Å². The molecule has 0 spiro atoms. The Morgan fingerprint density at radius 1 is 0.457 bits per heavy atom. The zero-order valence-corrected chi connectivity index (χ0v) is 27.0. The Kier molecular flexibility index (Phi) is 22.3. The summed E-state index contributed by atoms with van der Waals surface area (Å²) in [7, 11) is -4.98. The molecule has 0 heterocycles. The third-order valence-electron chi connectivity index (χ3n) is 6.67. The molecule has 0 aliphatic heterocycles. The van der Waals surface area contributed by atoms with E-state index in [1.54, 1.807) is 0 Å². The van der Waals surface area contributed by atoms with Crippen LogP contribution in [0.4, 0.5) is 0 Å². The fourth-order valence-corrected chi connectivity index (χ4v) is 15.3. The number of nitrogens with zero attached hydrogens (tertiary/aromatic N) is 2. The summed E-state index contributed by atoms with van der Waals surface area (Å²) in [4.78, 5) is 5.02. The fourth-order valence-electron chi connectivity index (χ4n) is 4.54. The van der Waals surface area contributed by atoms with E-state index in [4.69, 9.17) is 17.7 Å². The number of rotatable bonds is 26. The molecule has 0 aromatic carbocycles. The van der Waals surface area contributed by atoms with E-state index < -0.39 is 17.1 Å². The Morgan fingerprint density at radius 2 is 0.743 bits per heavy atom. The minimum absolute atomic E-state index is 0.771.